The minimum atomic E-state index is -0.482. The fraction of sp³-hybridized carbons (Fsp3) is 0.125. The molecule has 2 aromatic carbocycles. The van der Waals surface area contributed by atoms with Crippen LogP contribution in [0.4, 0.5) is 4.39 Å². The van der Waals surface area contributed by atoms with Crippen molar-refractivity contribution in [3.63, 3.8) is 0 Å². The highest BCUT2D eigenvalue weighted by Crippen LogP contribution is 2.29. The fourth-order valence-corrected chi connectivity index (χ4v) is 2.67. The second kappa shape index (κ2) is 6.56. The molecule has 7 heteroatoms. The van der Waals surface area contributed by atoms with E-state index in [-0.39, 0.29) is 11.6 Å². The van der Waals surface area contributed by atoms with Gasteiger partial charge in [0.1, 0.15) is 5.69 Å². The average Bonchev–Trinajstić information content (AvgIpc) is 2.98. The summed E-state index contributed by atoms with van der Waals surface area (Å²) < 4.78 is 20.5. The standard InChI is InChI=1S/C16H12Cl2FN3O/c1-23-15-6-5-12(8-13(15)19)22-16(14(9-17)20-21-22)10-3-2-4-11(18)7-10/h2-8H,9H2,1H3. The van der Waals surface area contributed by atoms with Gasteiger partial charge in [-0.05, 0) is 24.3 Å². The van der Waals surface area contributed by atoms with Gasteiger partial charge in [0.05, 0.1) is 24.4 Å². The molecule has 0 spiro atoms. The molecule has 1 aromatic heterocycles. The summed E-state index contributed by atoms with van der Waals surface area (Å²) in [6.45, 7) is 0. The van der Waals surface area contributed by atoms with E-state index in [1.54, 1.807) is 18.2 Å². The lowest BCUT2D eigenvalue weighted by Gasteiger charge is -2.09. The Morgan fingerprint density at radius 2 is 2.04 bits per heavy atom. The van der Waals surface area contributed by atoms with Crippen molar-refractivity contribution in [1.29, 1.82) is 0 Å². The van der Waals surface area contributed by atoms with Crippen LogP contribution in [0.2, 0.25) is 5.02 Å². The van der Waals surface area contributed by atoms with Crippen molar-refractivity contribution in [2.24, 2.45) is 0 Å². The molecule has 3 rings (SSSR count). The summed E-state index contributed by atoms with van der Waals surface area (Å²) in [7, 11) is 1.41. The summed E-state index contributed by atoms with van der Waals surface area (Å²) in [5, 5.41) is 8.75. The summed E-state index contributed by atoms with van der Waals surface area (Å²) in [4.78, 5) is 0. The van der Waals surface area contributed by atoms with Crippen LogP contribution in [0, 0.1) is 5.82 Å². The Morgan fingerprint density at radius 1 is 1.22 bits per heavy atom. The molecule has 4 nitrogen and oxygen atoms in total. The Kier molecular flexibility index (Phi) is 4.50. The van der Waals surface area contributed by atoms with Gasteiger partial charge < -0.3 is 4.74 Å². The van der Waals surface area contributed by atoms with Crippen molar-refractivity contribution in [3.8, 4) is 22.7 Å². The molecule has 0 N–H and O–H groups in total. The van der Waals surface area contributed by atoms with Crippen LogP contribution in [0.25, 0.3) is 16.9 Å². The Morgan fingerprint density at radius 3 is 2.70 bits per heavy atom. The third-order valence-corrected chi connectivity index (χ3v) is 3.83. The third-order valence-electron chi connectivity index (χ3n) is 3.34. The Balaban J connectivity index is 2.17. The summed E-state index contributed by atoms with van der Waals surface area (Å²) >= 11 is 12.0. The first-order chi connectivity index (χ1) is 11.1. The molecule has 0 saturated heterocycles. The zero-order chi connectivity index (χ0) is 16.4. The van der Waals surface area contributed by atoms with Crippen LogP contribution in [0.1, 0.15) is 5.69 Å². The van der Waals surface area contributed by atoms with Crippen molar-refractivity contribution in [2.45, 2.75) is 5.88 Å². The first-order valence-electron chi connectivity index (χ1n) is 6.74. The van der Waals surface area contributed by atoms with E-state index in [2.05, 4.69) is 10.3 Å². The molecule has 0 unspecified atom stereocenters. The molecule has 0 aliphatic carbocycles. The van der Waals surface area contributed by atoms with Crippen molar-refractivity contribution < 1.29 is 9.13 Å². The monoisotopic (exact) mass is 351 g/mol. The lowest BCUT2D eigenvalue weighted by atomic mass is 10.1. The number of hydrogen-bond acceptors (Lipinski definition) is 3. The average molecular weight is 352 g/mol. The number of alkyl halides is 1. The van der Waals surface area contributed by atoms with Crippen LogP contribution in [0.3, 0.4) is 0 Å². The van der Waals surface area contributed by atoms with Gasteiger partial charge in [0.2, 0.25) is 0 Å². The predicted octanol–water partition coefficient (Wildman–Crippen LogP) is 4.47. The maximum atomic E-state index is 14.0. The van der Waals surface area contributed by atoms with Gasteiger partial charge in [0.25, 0.3) is 0 Å². The molecule has 0 aliphatic heterocycles. The second-order valence-electron chi connectivity index (χ2n) is 4.76. The third kappa shape index (κ3) is 3.02. The lowest BCUT2D eigenvalue weighted by Crippen LogP contribution is -2.01. The molecular formula is C16H12Cl2FN3O. The van der Waals surface area contributed by atoms with Crippen molar-refractivity contribution >= 4 is 23.2 Å². The number of nitrogens with zero attached hydrogens (tertiary/aromatic N) is 3. The molecule has 0 amide bonds. The Hall–Kier alpha value is -2.11. The van der Waals surface area contributed by atoms with Crippen LogP contribution in [-0.4, -0.2) is 22.1 Å². The molecule has 0 aliphatic rings. The number of hydrogen-bond donors (Lipinski definition) is 0. The molecule has 0 atom stereocenters. The van der Waals surface area contributed by atoms with Crippen molar-refractivity contribution in [3.05, 3.63) is 59.0 Å². The number of benzene rings is 2. The molecule has 0 bridgehead atoms. The van der Waals surface area contributed by atoms with Gasteiger partial charge in [-0.3, -0.25) is 0 Å². The first-order valence-corrected chi connectivity index (χ1v) is 7.65. The smallest absolute Gasteiger partial charge is 0.167 e. The molecule has 0 saturated carbocycles. The summed E-state index contributed by atoms with van der Waals surface area (Å²) in [6, 6.07) is 11.8. The van der Waals surface area contributed by atoms with Gasteiger partial charge in [-0.15, -0.1) is 16.7 Å². The molecule has 0 fully saturated rings. The van der Waals surface area contributed by atoms with Crippen molar-refractivity contribution in [1.82, 2.24) is 15.0 Å². The number of rotatable bonds is 4. The Labute approximate surface area is 142 Å². The molecular weight excluding hydrogens is 340 g/mol. The van der Waals surface area contributed by atoms with Crippen LogP contribution in [0.15, 0.2) is 42.5 Å². The topological polar surface area (TPSA) is 39.9 Å². The largest absolute Gasteiger partial charge is 0.494 e. The van der Waals surface area contributed by atoms with Crippen LogP contribution in [0.5, 0.6) is 5.75 Å². The van der Waals surface area contributed by atoms with Crippen LogP contribution < -0.4 is 4.74 Å². The molecule has 23 heavy (non-hydrogen) atoms. The molecule has 3 aromatic rings. The van der Waals surface area contributed by atoms with E-state index < -0.39 is 5.82 Å². The van der Waals surface area contributed by atoms with E-state index in [1.807, 2.05) is 12.1 Å². The first kappa shape index (κ1) is 15.8. The zero-order valence-electron chi connectivity index (χ0n) is 12.1. The summed E-state index contributed by atoms with van der Waals surface area (Å²) in [5.41, 5.74) is 2.58. The van der Waals surface area contributed by atoms with Gasteiger partial charge in [-0.1, -0.05) is 28.9 Å². The van der Waals surface area contributed by atoms with Gasteiger partial charge in [0.15, 0.2) is 11.6 Å². The van der Waals surface area contributed by atoms with Crippen molar-refractivity contribution in [2.75, 3.05) is 7.11 Å². The van der Waals surface area contributed by atoms with Gasteiger partial charge in [0, 0.05) is 16.7 Å². The van der Waals surface area contributed by atoms with E-state index in [0.29, 0.717) is 22.1 Å². The van der Waals surface area contributed by atoms with Crippen LogP contribution in [-0.2, 0) is 5.88 Å². The molecule has 0 radical (unpaired) electrons. The summed E-state index contributed by atoms with van der Waals surface area (Å²) in [5.74, 6) is -0.138. The highest BCUT2D eigenvalue weighted by atomic mass is 35.5. The van der Waals surface area contributed by atoms with Gasteiger partial charge in [-0.2, -0.15) is 0 Å². The quantitative estimate of drug-likeness (QED) is 0.651. The normalized spacial score (nSPS) is 10.8. The highest BCUT2D eigenvalue weighted by Gasteiger charge is 2.17. The minimum absolute atomic E-state index is 0.163. The van der Waals surface area contributed by atoms with Gasteiger partial charge in [-0.25, -0.2) is 9.07 Å². The second-order valence-corrected chi connectivity index (χ2v) is 5.46. The SMILES string of the molecule is COc1ccc(-n2nnc(CCl)c2-c2cccc(Cl)c2)cc1F. The van der Waals surface area contributed by atoms with Crippen LogP contribution >= 0.6 is 23.2 Å². The van der Waals surface area contributed by atoms with E-state index >= 15 is 0 Å². The number of halogens is 3. The number of ether oxygens (including phenoxy) is 1. The highest BCUT2D eigenvalue weighted by molar-refractivity contribution is 6.30. The fourth-order valence-electron chi connectivity index (χ4n) is 2.30. The van der Waals surface area contributed by atoms with E-state index in [0.717, 1.165) is 5.56 Å². The summed E-state index contributed by atoms with van der Waals surface area (Å²) in [6.07, 6.45) is 0. The van der Waals surface area contributed by atoms with E-state index in [1.165, 1.54) is 23.9 Å². The lowest BCUT2D eigenvalue weighted by molar-refractivity contribution is 0.386. The molecule has 118 valence electrons. The Bertz CT molecular complexity index is 851. The molecule has 1 heterocycles. The number of methoxy groups -OCH3 is 1. The maximum absolute atomic E-state index is 14.0. The van der Waals surface area contributed by atoms with Gasteiger partial charge >= 0.3 is 0 Å². The number of aromatic nitrogens is 3. The van der Waals surface area contributed by atoms with E-state index in [4.69, 9.17) is 27.9 Å². The van der Waals surface area contributed by atoms with E-state index in [9.17, 15) is 4.39 Å². The predicted molar refractivity (Wildman–Crippen MR) is 87.9 cm³/mol. The minimum Gasteiger partial charge on any atom is -0.494 e. The maximum Gasteiger partial charge on any atom is 0.167 e. The zero-order valence-corrected chi connectivity index (χ0v) is 13.6.